The number of aromatic nitrogens is 3. The lowest BCUT2D eigenvalue weighted by molar-refractivity contribution is -0.142. The quantitative estimate of drug-likeness (QED) is 0.604. The smallest absolute Gasteiger partial charge is 0.254 e. The number of aliphatic hydroxyl groups is 1. The Morgan fingerprint density at radius 1 is 1.21 bits per heavy atom. The maximum Gasteiger partial charge on any atom is 0.254 e. The molecule has 7 atom stereocenters. The Hall–Kier alpha value is -2.87. The lowest BCUT2D eigenvalue weighted by atomic mass is 9.51. The van der Waals surface area contributed by atoms with Crippen molar-refractivity contribution < 1.29 is 14.7 Å². The van der Waals surface area contributed by atoms with Crippen LogP contribution < -0.4 is 10.6 Å². The molecule has 2 saturated carbocycles. The van der Waals surface area contributed by atoms with Gasteiger partial charge in [0.25, 0.3) is 5.91 Å². The van der Waals surface area contributed by atoms with E-state index in [0.29, 0.717) is 12.1 Å². The fraction of sp³-hybridized carbons (Fsp3) is 0.577. The lowest BCUT2D eigenvalue weighted by Crippen LogP contribution is -2.58. The van der Waals surface area contributed by atoms with E-state index in [1.165, 1.54) is 18.7 Å². The van der Waals surface area contributed by atoms with Crippen molar-refractivity contribution in [1.29, 1.82) is 0 Å². The Morgan fingerprint density at radius 2 is 1.94 bits per heavy atom. The van der Waals surface area contributed by atoms with E-state index < -0.39 is 6.10 Å². The van der Waals surface area contributed by atoms with E-state index in [0.717, 1.165) is 31.4 Å². The van der Waals surface area contributed by atoms with Crippen LogP contribution in [0.25, 0.3) is 0 Å². The number of aliphatic hydroxyl groups excluding tert-OH is 1. The van der Waals surface area contributed by atoms with Gasteiger partial charge in [0.1, 0.15) is 6.33 Å². The molecule has 182 valence electrons. The van der Waals surface area contributed by atoms with E-state index in [1.54, 1.807) is 6.20 Å². The minimum absolute atomic E-state index is 0.00311. The molecule has 2 amide bonds. The first kappa shape index (κ1) is 24.3. The maximum absolute atomic E-state index is 12.9. The third-order valence-electron chi connectivity index (χ3n) is 8.25. The summed E-state index contributed by atoms with van der Waals surface area (Å²) in [6.07, 6.45) is 9.11. The van der Waals surface area contributed by atoms with Crippen LogP contribution in [0, 0.1) is 29.1 Å². The Kier molecular flexibility index (Phi) is 7.26. The van der Waals surface area contributed by atoms with Crippen LogP contribution in [0.4, 0.5) is 0 Å². The molecule has 2 aliphatic carbocycles. The van der Waals surface area contributed by atoms with E-state index in [2.05, 4.69) is 39.4 Å². The zero-order valence-corrected chi connectivity index (χ0v) is 20.1. The third kappa shape index (κ3) is 4.97. The summed E-state index contributed by atoms with van der Waals surface area (Å²) in [6, 6.07) is 5.57. The minimum atomic E-state index is -0.607. The van der Waals surface area contributed by atoms with E-state index in [4.69, 9.17) is 0 Å². The second-order valence-electron chi connectivity index (χ2n) is 10.3. The molecule has 34 heavy (non-hydrogen) atoms. The van der Waals surface area contributed by atoms with Gasteiger partial charge < -0.3 is 15.7 Å². The summed E-state index contributed by atoms with van der Waals surface area (Å²) in [5, 5.41) is 17.7. The molecule has 2 aromatic heterocycles. The molecule has 1 unspecified atom stereocenters. The van der Waals surface area contributed by atoms with Crippen molar-refractivity contribution in [3.05, 3.63) is 54.4 Å². The molecular weight excluding hydrogens is 430 g/mol. The van der Waals surface area contributed by atoms with Gasteiger partial charge in [-0.05, 0) is 61.0 Å². The largest absolute Gasteiger partial charge is 0.392 e. The zero-order chi connectivity index (χ0) is 24.3. The van der Waals surface area contributed by atoms with Gasteiger partial charge in [-0.25, -0.2) is 9.97 Å². The molecule has 2 heterocycles. The average Bonchev–Trinajstić information content (AvgIpc) is 2.85. The highest BCUT2D eigenvalue weighted by Gasteiger charge is 2.53. The molecule has 0 radical (unpaired) electrons. The summed E-state index contributed by atoms with van der Waals surface area (Å²) in [6.45, 7) is 6.66. The van der Waals surface area contributed by atoms with Crippen LogP contribution in [0.2, 0.25) is 0 Å². The molecule has 2 fully saturated rings. The number of nitrogens with zero attached hydrogens (tertiary/aromatic N) is 3. The zero-order valence-electron chi connectivity index (χ0n) is 20.1. The molecule has 0 saturated heterocycles. The van der Waals surface area contributed by atoms with E-state index >= 15 is 0 Å². The highest BCUT2D eigenvalue weighted by atomic mass is 16.3. The van der Waals surface area contributed by atoms with Gasteiger partial charge in [0.2, 0.25) is 5.91 Å². The molecule has 8 nitrogen and oxygen atoms in total. The molecule has 0 aliphatic heterocycles. The van der Waals surface area contributed by atoms with Crippen molar-refractivity contribution in [2.45, 2.75) is 65.1 Å². The number of hydrogen-bond donors (Lipinski definition) is 3. The van der Waals surface area contributed by atoms with Gasteiger partial charge in [-0.15, -0.1) is 0 Å². The Labute approximate surface area is 201 Å². The first-order chi connectivity index (χ1) is 16.3. The summed E-state index contributed by atoms with van der Waals surface area (Å²) in [5.74, 6) is -0.605. The van der Waals surface area contributed by atoms with Gasteiger partial charge in [0.15, 0.2) is 0 Å². The second kappa shape index (κ2) is 10.2. The van der Waals surface area contributed by atoms with E-state index in [-0.39, 0.29) is 46.9 Å². The molecule has 0 aromatic carbocycles. The molecule has 2 aliphatic rings. The standard InChI is InChI=1S/C26H35N5O3/c1-16(24(33)30-14-19-6-4-5-11-29-19)20-7-9-26(3)10-8-21(17(2)22(26)23(20)32)31-25(34)18-12-27-15-28-13-18/h4-6,11-13,15-17,20-23,32H,7-10,14H2,1-3H3,(H,30,33)(H,31,34)/t16-,17+,20?,21-,22+,23-,26-/m0/s1. The number of carbonyl (C=O) groups excluding carboxylic acids is 2. The Balaban J connectivity index is 1.42. The number of rotatable bonds is 6. The van der Waals surface area contributed by atoms with Crippen LogP contribution in [-0.4, -0.2) is 44.0 Å². The average molecular weight is 466 g/mol. The van der Waals surface area contributed by atoms with Gasteiger partial charge in [0.05, 0.1) is 23.9 Å². The topological polar surface area (TPSA) is 117 Å². The number of pyridine rings is 1. The summed E-state index contributed by atoms with van der Waals surface area (Å²) >= 11 is 0. The van der Waals surface area contributed by atoms with Crippen LogP contribution in [0.15, 0.2) is 43.1 Å². The van der Waals surface area contributed by atoms with Crippen LogP contribution in [0.1, 0.15) is 62.5 Å². The summed E-state index contributed by atoms with van der Waals surface area (Å²) < 4.78 is 0. The predicted molar refractivity (Wildman–Crippen MR) is 127 cm³/mol. The SMILES string of the molecule is C[C@H]1[C@@H]2[C@@H](O)C([C@H](C)C(=O)NCc3ccccn3)CC[C@@]2(C)CC[C@@H]1NC(=O)c1cncnc1. The van der Waals surface area contributed by atoms with Gasteiger partial charge >= 0.3 is 0 Å². The number of nitrogens with one attached hydrogen (secondary N) is 2. The van der Waals surface area contributed by atoms with Crippen LogP contribution >= 0.6 is 0 Å². The number of hydrogen-bond acceptors (Lipinski definition) is 6. The summed E-state index contributed by atoms with van der Waals surface area (Å²) in [7, 11) is 0. The molecule has 2 aromatic rings. The summed E-state index contributed by atoms with van der Waals surface area (Å²) in [4.78, 5) is 37.8. The number of fused-ring (bicyclic) bond motifs is 1. The van der Waals surface area contributed by atoms with Crippen molar-refractivity contribution in [2.24, 2.45) is 29.1 Å². The second-order valence-corrected chi connectivity index (χ2v) is 10.3. The minimum Gasteiger partial charge on any atom is -0.392 e. The van der Waals surface area contributed by atoms with E-state index in [1.807, 2.05) is 25.1 Å². The number of amides is 2. The molecule has 0 spiro atoms. The van der Waals surface area contributed by atoms with Crippen molar-refractivity contribution in [3.8, 4) is 0 Å². The molecule has 3 N–H and O–H groups in total. The fourth-order valence-electron chi connectivity index (χ4n) is 6.20. The molecule has 8 heteroatoms. The lowest BCUT2D eigenvalue weighted by Gasteiger charge is -2.56. The van der Waals surface area contributed by atoms with Crippen LogP contribution in [-0.2, 0) is 11.3 Å². The van der Waals surface area contributed by atoms with Gasteiger partial charge in [-0.1, -0.05) is 26.8 Å². The Bertz CT molecular complexity index is 988. The Morgan fingerprint density at radius 3 is 2.65 bits per heavy atom. The summed E-state index contributed by atoms with van der Waals surface area (Å²) in [5.41, 5.74) is 1.24. The van der Waals surface area contributed by atoms with Crippen LogP contribution in [0.5, 0.6) is 0 Å². The normalized spacial score (nSPS) is 31.7. The van der Waals surface area contributed by atoms with Crippen molar-refractivity contribution in [1.82, 2.24) is 25.6 Å². The predicted octanol–water partition coefficient (Wildman–Crippen LogP) is 2.75. The first-order valence-corrected chi connectivity index (χ1v) is 12.2. The van der Waals surface area contributed by atoms with Gasteiger partial charge in [0, 0.05) is 30.6 Å². The fourth-order valence-corrected chi connectivity index (χ4v) is 6.20. The van der Waals surface area contributed by atoms with Gasteiger partial charge in [-0.2, -0.15) is 0 Å². The number of carbonyl (C=O) groups is 2. The van der Waals surface area contributed by atoms with Crippen molar-refractivity contribution in [2.75, 3.05) is 0 Å². The van der Waals surface area contributed by atoms with Crippen LogP contribution in [0.3, 0.4) is 0 Å². The van der Waals surface area contributed by atoms with Crippen molar-refractivity contribution in [3.63, 3.8) is 0 Å². The maximum atomic E-state index is 12.9. The molecular formula is C26H35N5O3. The van der Waals surface area contributed by atoms with E-state index in [9.17, 15) is 14.7 Å². The van der Waals surface area contributed by atoms with Crippen molar-refractivity contribution >= 4 is 11.8 Å². The first-order valence-electron chi connectivity index (χ1n) is 12.2. The molecule has 4 rings (SSSR count). The highest BCUT2D eigenvalue weighted by molar-refractivity contribution is 5.93. The highest BCUT2D eigenvalue weighted by Crippen LogP contribution is 2.55. The monoisotopic (exact) mass is 465 g/mol. The van der Waals surface area contributed by atoms with Gasteiger partial charge in [-0.3, -0.25) is 14.6 Å². The third-order valence-corrected chi connectivity index (χ3v) is 8.25. The molecule has 0 bridgehead atoms.